The molecule has 100 valence electrons. The summed E-state index contributed by atoms with van der Waals surface area (Å²) in [5.74, 6) is 0.323. The van der Waals surface area contributed by atoms with Crippen molar-refractivity contribution in [3.63, 3.8) is 0 Å². The first kappa shape index (κ1) is 13.1. The maximum atomic E-state index is 12.0. The van der Waals surface area contributed by atoms with Crippen molar-refractivity contribution in [2.75, 3.05) is 6.54 Å². The number of carbonyl (C=O) groups excluding carboxylic acids is 1. The van der Waals surface area contributed by atoms with Crippen LogP contribution in [0.25, 0.3) is 0 Å². The smallest absolute Gasteiger partial charge is 0.255 e. The van der Waals surface area contributed by atoms with Gasteiger partial charge in [-0.2, -0.15) is 5.10 Å². The number of aliphatic hydroxyl groups is 1. The predicted octanol–water partition coefficient (Wildman–Crippen LogP) is 1.31. The molecule has 1 aliphatic carbocycles. The second kappa shape index (κ2) is 5.52. The van der Waals surface area contributed by atoms with Crippen LogP contribution in [-0.4, -0.2) is 33.9 Å². The Morgan fingerprint density at radius 2 is 2.28 bits per heavy atom. The second-order valence-corrected chi connectivity index (χ2v) is 5.21. The monoisotopic (exact) mass is 251 g/mol. The molecule has 0 aromatic carbocycles. The lowest BCUT2D eigenvalue weighted by atomic mass is 9.87. The van der Waals surface area contributed by atoms with Crippen molar-refractivity contribution < 1.29 is 9.90 Å². The van der Waals surface area contributed by atoms with Gasteiger partial charge in [0.2, 0.25) is 0 Å². The first-order valence-electron chi connectivity index (χ1n) is 6.55. The molecule has 0 radical (unpaired) electrons. The Kier molecular flexibility index (Phi) is 4.01. The highest BCUT2D eigenvalue weighted by Crippen LogP contribution is 2.23. The molecule has 2 atom stereocenters. The van der Waals surface area contributed by atoms with E-state index < -0.39 is 0 Å². The molecule has 1 aromatic heterocycles. The zero-order valence-corrected chi connectivity index (χ0v) is 11.0. The third-order valence-corrected chi connectivity index (χ3v) is 3.66. The fourth-order valence-corrected chi connectivity index (χ4v) is 2.66. The fraction of sp³-hybridized carbons (Fsp3) is 0.692. The summed E-state index contributed by atoms with van der Waals surface area (Å²) in [5, 5.41) is 19.4. The van der Waals surface area contributed by atoms with Gasteiger partial charge in [0.05, 0.1) is 17.4 Å². The molecule has 1 saturated carbocycles. The number of aliphatic hydroxyl groups excluding tert-OH is 1. The topological polar surface area (TPSA) is 78.0 Å². The summed E-state index contributed by atoms with van der Waals surface area (Å²) >= 11 is 0. The zero-order chi connectivity index (χ0) is 13.1. The highest BCUT2D eigenvalue weighted by atomic mass is 16.3. The van der Waals surface area contributed by atoms with Gasteiger partial charge in [-0.3, -0.25) is 9.89 Å². The number of H-pyrrole nitrogens is 1. The second-order valence-electron chi connectivity index (χ2n) is 5.21. The van der Waals surface area contributed by atoms with Crippen molar-refractivity contribution >= 4 is 5.91 Å². The number of carbonyl (C=O) groups is 1. The Bertz CT molecular complexity index is 408. The van der Waals surface area contributed by atoms with E-state index in [1.165, 1.54) is 0 Å². The van der Waals surface area contributed by atoms with E-state index in [2.05, 4.69) is 15.5 Å². The minimum Gasteiger partial charge on any atom is -0.393 e. The van der Waals surface area contributed by atoms with Gasteiger partial charge in [-0.05, 0) is 39.0 Å². The van der Waals surface area contributed by atoms with Gasteiger partial charge in [-0.25, -0.2) is 0 Å². The van der Waals surface area contributed by atoms with Gasteiger partial charge in [0, 0.05) is 12.2 Å². The van der Waals surface area contributed by atoms with Gasteiger partial charge in [0.25, 0.3) is 5.91 Å². The number of aromatic amines is 1. The van der Waals surface area contributed by atoms with E-state index in [0.29, 0.717) is 18.0 Å². The van der Waals surface area contributed by atoms with Crippen LogP contribution in [0, 0.1) is 19.8 Å². The summed E-state index contributed by atoms with van der Waals surface area (Å²) in [6.07, 6.45) is 3.62. The van der Waals surface area contributed by atoms with Crippen LogP contribution in [0.1, 0.15) is 47.4 Å². The van der Waals surface area contributed by atoms with Crippen LogP contribution in [0.3, 0.4) is 0 Å². The van der Waals surface area contributed by atoms with Gasteiger partial charge < -0.3 is 10.4 Å². The summed E-state index contributed by atoms with van der Waals surface area (Å²) in [6.45, 7) is 4.31. The predicted molar refractivity (Wildman–Crippen MR) is 68.4 cm³/mol. The number of amides is 1. The molecule has 0 spiro atoms. The first-order chi connectivity index (χ1) is 8.58. The molecule has 2 unspecified atom stereocenters. The molecule has 0 saturated heterocycles. The molecule has 0 bridgehead atoms. The van der Waals surface area contributed by atoms with Crippen molar-refractivity contribution in [3.8, 4) is 0 Å². The van der Waals surface area contributed by atoms with Crippen molar-refractivity contribution in [2.24, 2.45) is 5.92 Å². The Hall–Kier alpha value is -1.36. The average molecular weight is 251 g/mol. The summed E-state index contributed by atoms with van der Waals surface area (Å²) in [4.78, 5) is 12.0. The molecule has 1 amide bonds. The van der Waals surface area contributed by atoms with Crippen LogP contribution in [0.2, 0.25) is 0 Å². The molecular formula is C13H21N3O2. The Balaban J connectivity index is 1.88. The lowest BCUT2D eigenvalue weighted by Crippen LogP contribution is -2.33. The van der Waals surface area contributed by atoms with E-state index in [4.69, 9.17) is 0 Å². The fourth-order valence-electron chi connectivity index (χ4n) is 2.66. The van der Waals surface area contributed by atoms with Crippen molar-refractivity contribution in [2.45, 2.75) is 45.6 Å². The Morgan fingerprint density at radius 1 is 1.50 bits per heavy atom. The number of rotatable bonds is 3. The number of nitrogens with one attached hydrogen (secondary N) is 2. The highest BCUT2D eigenvalue weighted by Gasteiger charge is 2.22. The van der Waals surface area contributed by atoms with E-state index in [9.17, 15) is 9.90 Å². The zero-order valence-electron chi connectivity index (χ0n) is 11.0. The molecular weight excluding hydrogens is 230 g/mol. The number of aryl methyl sites for hydroxylation is 2. The van der Waals surface area contributed by atoms with Crippen molar-refractivity contribution in [1.29, 1.82) is 0 Å². The third-order valence-electron chi connectivity index (χ3n) is 3.66. The third kappa shape index (κ3) is 2.90. The number of hydrogen-bond acceptors (Lipinski definition) is 3. The minimum absolute atomic E-state index is 0.0705. The van der Waals surface area contributed by atoms with E-state index in [-0.39, 0.29) is 12.0 Å². The first-order valence-corrected chi connectivity index (χ1v) is 6.55. The Labute approximate surface area is 107 Å². The van der Waals surface area contributed by atoms with Gasteiger partial charge in [-0.1, -0.05) is 6.42 Å². The lowest BCUT2D eigenvalue weighted by Gasteiger charge is -2.25. The van der Waals surface area contributed by atoms with Crippen LogP contribution in [0.5, 0.6) is 0 Å². The maximum Gasteiger partial charge on any atom is 0.255 e. The van der Waals surface area contributed by atoms with Crippen LogP contribution in [-0.2, 0) is 0 Å². The van der Waals surface area contributed by atoms with E-state index in [0.717, 1.165) is 37.1 Å². The summed E-state index contributed by atoms with van der Waals surface area (Å²) < 4.78 is 0. The minimum atomic E-state index is -0.196. The number of nitrogens with zero attached hydrogens (tertiary/aromatic N) is 1. The number of aromatic nitrogens is 2. The summed E-state index contributed by atoms with van der Waals surface area (Å²) in [6, 6.07) is 0. The van der Waals surface area contributed by atoms with Crippen molar-refractivity contribution in [1.82, 2.24) is 15.5 Å². The quantitative estimate of drug-likeness (QED) is 0.758. The maximum absolute atomic E-state index is 12.0. The molecule has 18 heavy (non-hydrogen) atoms. The molecule has 1 fully saturated rings. The molecule has 5 heteroatoms. The van der Waals surface area contributed by atoms with E-state index in [1.54, 1.807) is 0 Å². The summed E-state index contributed by atoms with van der Waals surface area (Å²) in [7, 11) is 0. The van der Waals surface area contributed by atoms with Crippen LogP contribution < -0.4 is 5.32 Å². The van der Waals surface area contributed by atoms with Gasteiger partial charge in [0.15, 0.2) is 0 Å². The van der Waals surface area contributed by atoms with Crippen molar-refractivity contribution in [3.05, 3.63) is 17.0 Å². The summed E-state index contributed by atoms with van der Waals surface area (Å²) in [5.41, 5.74) is 2.17. The van der Waals surface area contributed by atoms with Gasteiger partial charge in [0.1, 0.15) is 0 Å². The lowest BCUT2D eigenvalue weighted by molar-refractivity contribution is 0.0873. The normalized spacial score (nSPS) is 23.9. The SMILES string of the molecule is Cc1n[nH]c(C)c1C(=O)NCC1CCCC(O)C1. The average Bonchev–Trinajstić information content (AvgIpc) is 2.66. The van der Waals surface area contributed by atoms with E-state index in [1.807, 2.05) is 13.8 Å². The standard InChI is InChI=1S/C13H21N3O2/c1-8-12(9(2)16-15-8)13(18)14-7-10-4-3-5-11(17)6-10/h10-11,17H,3-7H2,1-2H3,(H,14,18)(H,15,16). The van der Waals surface area contributed by atoms with Crippen LogP contribution >= 0.6 is 0 Å². The molecule has 1 heterocycles. The van der Waals surface area contributed by atoms with Gasteiger partial charge >= 0.3 is 0 Å². The number of hydrogen-bond donors (Lipinski definition) is 3. The highest BCUT2D eigenvalue weighted by molar-refractivity contribution is 5.96. The molecule has 1 aromatic rings. The molecule has 1 aliphatic rings. The van der Waals surface area contributed by atoms with Crippen LogP contribution in [0.15, 0.2) is 0 Å². The molecule has 5 nitrogen and oxygen atoms in total. The van der Waals surface area contributed by atoms with E-state index >= 15 is 0 Å². The molecule has 0 aliphatic heterocycles. The molecule has 3 N–H and O–H groups in total. The molecule has 2 rings (SSSR count). The Morgan fingerprint density at radius 3 is 2.89 bits per heavy atom. The van der Waals surface area contributed by atoms with Crippen LogP contribution in [0.4, 0.5) is 0 Å². The largest absolute Gasteiger partial charge is 0.393 e. The van der Waals surface area contributed by atoms with Gasteiger partial charge in [-0.15, -0.1) is 0 Å².